The Hall–Kier alpha value is -2.52. The highest BCUT2D eigenvalue weighted by Crippen LogP contribution is 2.31. The van der Waals surface area contributed by atoms with Crippen LogP contribution in [0, 0.1) is 5.82 Å². The van der Waals surface area contributed by atoms with Crippen LogP contribution < -0.4 is 10.5 Å². The van der Waals surface area contributed by atoms with Gasteiger partial charge in [0.1, 0.15) is 5.82 Å². The van der Waals surface area contributed by atoms with Crippen LogP contribution in [0.2, 0.25) is 0 Å². The molecule has 0 aliphatic carbocycles. The number of anilines is 1. The Morgan fingerprint density at radius 3 is 2.52 bits per heavy atom. The Kier molecular flexibility index (Phi) is 6.36. The molecule has 6 nitrogen and oxygen atoms in total. The average molecular weight is 386 g/mol. The van der Waals surface area contributed by atoms with E-state index in [2.05, 4.69) is 14.7 Å². The van der Waals surface area contributed by atoms with Gasteiger partial charge in [-0.2, -0.15) is 0 Å². The number of hydrogen-bond acceptors (Lipinski definition) is 6. The van der Waals surface area contributed by atoms with Crippen LogP contribution in [0.5, 0.6) is 0 Å². The third kappa shape index (κ3) is 4.61. The largest absolute Gasteiger partial charge is 0.593 e. The van der Waals surface area contributed by atoms with Gasteiger partial charge in [0, 0.05) is 42.2 Å². The number of halogens is 1. The normalized spacial score (nSPS) is 12.1. The predicted octanol–water partition coefficient (Wildman–Crippen LogP) is 2.53. The van der Waals surface area contributed by atoms with Gasteiger partial charge in [0.15, 0.2) is 4.90 Å². The van der Waals surface area contributed by atoms with E-state index in [1.54, 1.807) is 30.3 Å². The van der Waals surface area contributed by atoms with E-state index in [-0.39, 0.29) is 12.6 Å². The van der Waals surface area contributed by atoms with Crippen molar-refractivity contribution in [1.82, 2.24) is 14.7 Å². The monoisotopic (exact) mass is 386 g/mol. The lowest BCUT2D eigenvalue weighted by Crippen LogP contribution is -2.25. The smallest absolute Gasteiger partial charge is 0.219 e. The van der Waals surface area contributed by atoms with Gasteiger partial charge in [-0.1, -0.05) is 24.3 Å². The Morgan fingerprint density at radius 2 is 1.81 bits per heavy atom. The first-order valence-corrected chi connectivity index (χ1v) is 9.48. The molecule has 0 aliphatic heterocycles. The summed E-state index contributed by atoms with van der Waals surface area (Å²) in [5.74, 6) is -0.310. The minimum absolute atomic E-state index is 0.0212. The van der Waals surface area contributed by atoms with Crippen molar-refractivity contribution < 1.29 is 14.0 Å². The van der Waals surface area contributed by atoms with Crippen molar-refractivity contribution in [2.24, 2.45) is 0 Å². The summed E-state index contributed by atoms with van der Waals surface area (Å²) in [5, 5.41) is 8.85. The molecule has 0 saturated heterocycles. The molecule has 0 radical (unpaired) electrons. The molecule has 8 heteroatoms. The molecule has 0 spiro atoms. The lowest BCUT2D eigenvalue weighted by Gasteiger charge is -2.14. The highest BCUT2D eigenvalue weighted by molar-refractivity contribution is 7.89. The van der Waals surface area contributed by atoms with Crippen molar-refractivity contribution in [3.05, 3.63) is 60.7 Å². The third-order valence-corrected chi connectivity index (χ3v) is 5.14. The second kappa shape index (κ2) is 8.92. The van der Waals surface area contributed by atoms with Crippen LogP contribution in [0.15, 0.2) is 59.8 Å². The summed E-state index contributed by atoms with van der Waals surface area (Å²) in [6.07, 6.45) is 3.43. The molecule has 0 fully saturated rings. The number of benzene rings is 2. The molecule has 3 rings (SSSR count). The van der Waals surface area contributed by atoms with E-state index < -0.39 is 17.2 Å². The van der Waals surface area contributed by atoms with Crippen molar-refractivity contribution in [3.63, 3.8) is 0 Å². The Bertz CT molecular complexity index is 908. The second-order valence-electron chi connectivity index (χ2n) is 5.76. The Morgan fingerprint density at radius 1 is 1.07 bits per heavy atom. The average Bonchev–Trinajstić information content (AvgIpc) is 2.69. The number of rotatable bonds is 7. The molecular weight excluding hydrogens is 367 g/mol. The molecule has 4 N–H and O–H groups in total. The number of hydrogen-bond donors (Lipinski definition) is 3. The zero-order valence-electron chi connectivity index (χ0n) is 14.4. The fourth-order valence-corrected chi connectivity index (χ4v) is 3.66. The molecule has 0 saturated carbocycles. The van der Waals surface area contributed by atoms with E-state index in [1.165, 1.54) is 18.5 Å². The van der Waals surface area contributed by atoms with Gasteiger partial charge < -0.3 is 15.4 Å². The fraction of sp³-hybridized carbons (Fsp3) is 0.158. The van der Waals surface area contributed by atoms with Crippen molar-refractivity contribution in [3.8, 4) is 22.3 Å². The molecule has 0 amide bonds. The van der Waals surface area contributed by atoms with Gasteiger partial charge >= 0.3 is 0 Å². The summed E-state index contributed by atoms with van der Waals surface area (Å²) >= 11 is -1.46. The number of nitrogens with two attached hydrogens (primary N) is 1. The molecule has 2 aromatic carbocycles. The standard InChI is InChI=1S/C19H19FN4O2S/c20-17-10-13(6-7-15(17)14-11-22-19(21)23-12-14)16-4-1-2-5-18(16)27(26)24-8-3-9-25/h1-2,4-7,10-12,24-25H,3,8-9H2,(H2,21,22,23). The maximum absolute atomic E-state index is 14.7. The van der Waals surface area contributed by atoms with E-state index >= 15 is 0 Å². The van der Waals surface area contributed by atoms with Crippen molar-refractivity contribution in [2.45, 2.75) is 11.3 Å². The van der Waals surface area contributed by atoms with Gasteiger partial charge in [-0.15, -0.1) is 4.72 Å². The summed E-state index contributed by atoms with van der Waals surface area (Å²) in [5.41, 5.74) is 7.63. The summed E-state index contributed by atoms with van der Waals surface area (Å²) in [6.45, 7) is 0.440. The maximum atomic E-state index is 14.7. The minimum atomic E-state index is -1.46. The number of aromatic nitrogens is 2. The molecule has 1 atom stereocenters. The van der Waals surface area contributed by atoms with Crippen LogP contribution in [-0.2, 0) is 11.4 Å². The molecule has 1 heterocycles. The SMILES string of the molecule is Nc1ncc(-c2ccc(-c3ccccc3[S+]([O-])NCCCO)cc2F)cn1. The van der Waals surface area contributed by atoms with Crippen molar-refractivity contribution in [1.29, 1.82) is 0 Å². The molecule has 3 aromatic rings. The second-order valence-corrected chi connectivity index (χ2v) is 7.03. The topological polar surface area (TPSA) is 107 Å². The predicted molar refractivity (Wildman–Crippen MR) is 103 cm³/mol. The number of nitrogens with zero attached hydrogens (tertiary/aromatic N) is 2. The number of nitrogen functional groups attached to an aromatic ring is 1. The molecule has 1 aromatic heterocycles. The molecule has 27 heavy (non-hydrogen) atoms. The first kappa shape index (κ1) is 19.2. The van der Waals surface area contributed by atoms with Gasteiger partial charge in [0.25, 0.3) is 0 Å². The van der Waals surface area contributed by atoms with Crippen molar-refractivity contribution in [2.75, 3.05) is 18.9 Å². The van der Waals surface area contributed by atoms with E-state index in [0.29, 0.717) is 40.1 Å². The number of nitrogens with one attached hydrogen (secondary N) is 1. The van der Waals surface area contributed by atoms with Crippen molar-refractivity contribution >= 4 is 17.3 Å². The minimum Gasteiger partial charge on any atom is -0.593 e. The Labute approximate surface area is 159 Å². The number of aliphatic hydroxyl groups excluding tert-OH is 1. The summed E-state index contributed by atoms with van der Waals surface area (Å²) < 4.78 is 30.1. The van der Waals surface area contributed by atoms with Gasteiger partial charge in [-0.3, -0.25) is 0 Å². The van der Waals surface area contributed by atoms with Gasteiger partial charge in [-0.25, -0.2) is 14.4 Å². The van der Waals surface area contributed by atoms with Crippen LogP contribution >= 0.6 is 0 Å². The first-order chi connectivity index (χ1) is 13.1. The first-order valence-electron chi connectivity index (χ1n) is 8.33. The lowest BCUT2D eigenvalue weighted by atomic mass is 10.0. The molecule has 0 bridgehead atoms. The quantitative estimate of drug-likeness (QED) is 0.425. The third-order valence-electron chi connectivity index (χ3n) is 3.92. The van der Waals surface area contributed by atoms with E-state index in [0.717, 1.165) is 0 Å². The zero-order chi connectivity index (χ0) is 19.2. The van der Waals surface area contributed by atoms with E-state index in [1.807, 2.05) is 6.07 Å². The van der Waals surface area contributed by atoms with Crippen LogP contribution in [0.4, 0.5) is 10.3 Å². The van der Waals surface area contributed by atoms with Gasteiger partial charge in [0.05, 0.1) is 11.4 Å². The van der Waals surface area contributed by atoms with E-state index in [9.17, 15) is 8.94 Å². The highest BCUT2D eigenvalue weighted by atomic mass is 32.2. The maximum Gasteiger partial charge on any atom is 0.219 e. The van der Waals surface area contributed by atoms with Gasteiger partial charge in [0.2, 0.25) is 5.95 Å². The van der Waals surface area contributed by atoms with Crippen LogP contribution in [0.25, 0.3) is 22.3 Å². The zero-order valence-corrected chi connectivity index (χ0v) is 15.2. The van der Waals surface area contributed by atoms with Crippen LogP contribution in [-0.4, -0.2) is 32.8 Å². The summed E-state index contributed by atoms with van der Waals surface area (Å²) in [6, 6.07) is 11.9. The van der Waals surface area contributed by atoms with Gasteiger partial charge in [-0.05, 0) is 30.2 Å². The van der Waals surface area contributed by atoms with Crippen LogP contribution in [0.1, 0.15) is 6.42 Å². The summed E-state index contributed by atoms with van der Waals surface area (Å²) in [4.78, 5) is 8.32. The fourth-order valence-electron chi connectivity index (χ4n) is 2.58. The molecular formula is C19H19FN4O2S. The summed E-state index contributed by atoms with van der Waals surface area (Å²) in [7, 11) is 0. The molecule has 0 aliphatic rings. The van der Waals surface area contributed by atoms with Crippen LogP contribution in [0.3, 0.4) is 0 Å². The Balaban J connectivity index is 1.91. The molecule has 1 unspecified atom stereocenters. The molecule has 140 valence electrons. The van der Waals surface area contributed by atoms with E-state index in [4.69, 9.17) is 10.8 Å². The highest BCUT2D eigenvalue weighted by Gasteiger charge is 2.18. The lowest BCUT2D eigenvalue weighted by molar-refractivity contribution is 0.289. The number of aliphatic hydroxyl groups is 1.